The molecule has 0 saturated carbocycles. The Kier molecular flexibility index (Phi) is 15.2. The molecule has 192 valence electrons. The predicted molar refractivity (Wildman–Crippen MR) is 128 cm³/mol. The Hall–Kier alpha value is -1.48. The summed E-state index contributed by atoms with van der Waals surface area (Å²) in [5.74, 6) is -1.13. The fourth-order valence-corrected chi connectivity index (χ4v) is 4.04. The van der Waals surface area contributed by atoms with Gasteiger partial charge in [0.05, 0.1) is 12.2 Å². The van der Waals surface area contributed by atoms with Crippen LogP contribution in [0.25, 0.3) is 0 Å². The van der Waals surface area contributed by atoms with Crippen molar-refractivity contribution in [1.29, 1.82) is 0 Å². The number of rotatable bonds is 17. The highest BCUT2D eigenvalue weighted by molar-refractivity contribution is 5.97. The van der Waals surface area contributed by atoms with Gasteiger partial charge in [0, 0.05) is 18.5 Å². The van der Waals surface area contributed by atoms with E-state index in [2.05, 4.69) is 17.6 Å². The summed E-state index contributed by atoms with van der Waals surface area (Å²) in [4.78, 5) is 24.9. The molecule has 0 aromatic heterocycles. The Labute approximate surface area is 198 Å². The highest BCUT2D eigenvalue weighted by atomic mass is 16.4. The second kappa shape index (κ2) is 17.0. The molecule has 0 aliphatic heterocycles. The maximum Gasteiger partial charge on any atom is 0.247 e. The van der Waals surface area contributed by atoms with E-state index in [9.17, 15) is 30.0 Å². The lowest BCUT2D eigenvalue weighted by atomic mass is 9.91. The van der Waals surface area contributed by atoms with Crippen molar-refractivity contribution in [3.63, 3.8) is 0 Å². The third kappa shape index (κ3) is 12.0. The van der Waals surface area contributed by atoms with Crippen LogP contribution in [0, 0.1) is 0 Å². The second-order valence-electron chi connectivity index (χ2n) is 9.32. The molecule has 1 aliphatic rings. The molecule has 0 saturated heterocycles. The first-order valence-corrected chi connectivity index (χ1v) is 12.8. The van der Waals surface area contributed by atoms with E-state index in [0.717, 1.165) is 25.3 Å². The summed E-state index contributed by atoms with van der Waals surface area (Å²) in [6, 6.07) is -1.14. The van der Waals surface area contributed by atoms with Crippen molar-refractivity contribution >= 4 is 11.8 Å². The van der Waals surface area contributed by atoms with Crippen molar-refractivity contribution in [1.82, 2.24) is 10.6 Å². The molecule has 8 nitrogen and oxygen atoms in total. The molecule has 33 heavy (non-hydrogen) atoms. The minimum atomic E-state index is -1.36. The molecule has 2 amide bonds. The molecule has 5 atom stereocenters. The number of aliphatic hydroxyl groups is 4. The van der Waals surface area contributed by atoms with Gasteiger partial charge in [-0.3, -0.25) is 9.59 Å². The zero-order valence-corrected chi connectivity index (χ0v) is 20.5. The van der Waals surface area contributed by atoms with Gasteiger partial charge in [0.15, 0.2) is 0 Å². The van der Waals surface area contributed by atoms with E-state index in [1.807, 2.05) is 0 Å². The maximum atomic E-state index is 12.4. The minimum absolute atomic E-state index is 0.0692. The fourth-order valence-electron chi connectivity index (χ4n) is 4.04. The van der Waals surface area contributed by atoms with E-state index >= 15 is 0 Å². The molecule has 0 spiro atoms. The van der Waals surface area contributed by atoms with Gasteiger partial charge >= 0.3 is 0 Å². The van der Waals surface area contributed by atoms with Crippen molar-refractivity contribution in [2.24, 2.45) is 0 Å². The average molecular weight is 471 g/mol. The monoisotopic (exact) mass is 470 g/mol. The van der Waals surface area contributed by atoms with E-state index in [0.29, 0.717) is 6.54 Å². The molecule has 1 rings (SSSR count). The van der Waals surface area contributed by atoms with E-state index in [1.54, 1.807) is 0 Å². The number of carbonyl (C=O) groups is 2. The summed E-state index contributed by atoms with van der Waals surface area (Å²) in [6.07, 6.45) is 10.7. The molecular formula is C25H46N2O6. The Balaban J connectivity index is 2.21. The zero-order chi connectivity index (χ0) is 24.6. The molecule has 0 unspecified atom stereocenters. The average Bonchev–Trinajstić information content (AvgIpc) is 2.77. The number of carbonyl (C=O) groups excluding carboxylic acids is 2. The third-order valence-electron chi connectivity index (χ3n) is 6.22. The Bertz CT molecular complexity index is 595. The normalized spacial score (nSPS) is 22.4. The SMILES string of the molecule is CCCCCCCCCCCCCCNC(=O)[C@@H](NC(=O)C1=C[C@H](O)[C@H](O)[C@@H](O)C1)[C@@H](C)O. The van der Waals surface area contributed by atoms with Gasteiger partial charge in [-0.1, -0.05) is 77.6 Å². The molecule has 0 heterocycles. The number of nitrogens with one attached hydrogen (secondary N) is 2. The van der Waals surface area contributed by atoms with Crippen LogP contribution in [-0.2, 0) is 9.59 Å². The Morgan fingerprint density at radius 2 is 1.45 bits per heavy atom. The maximum absolute atomic E-state index is 12.4. The summed E-state index contributed by atoms with van der Waals surface area (Å²) in [7, 11) is 0. The van der Waals surface area contributed by atoms with E-state index in [-0.39, 0.29) is 12.0 Å². The van der Waals surface area contributed by atoms with Crippen LogP contribution >= 0.6 is 0 Å². The van der Waals surface area contributed by atoms with E-state index < -0.39 is 42.3 Å². The van der Waals surface area contributed by atoms with Gasteiger partial charge in [-0.25, -0.2) is 0 Å². The highest BCUT2D eigenvalue weighted by Crippen LogP contribution is 2.20. The van der Waals surface area contributed by atoms with Crippen LogP contribution < -0.4 is 10.6 Å². The van der Waals surface area contributed by atoms with Crippen LogP contribution in [0.15, 0.2) is 11.6 Å². The Morgan fingerprint density at radius 1 is 0.939 bits per heavy atom. The summed E-state index contributed by atoms with van der Waals surface area (Å²) >= 11 is 0. The smallest absolute Gasteiger partial charge is 0.247 e. The zero-order valence-electron chi connectivity index (χ0n) is 20.5. The van der Waals surface area contributed by atoms with Crippen molar-refractivity contribution in [3.05, 3.63) is 11.6 Å². The van der Waals surface area contributed by atoms with Crippen molar-refractivity contribution in [2.75, 3.05) is 6.54 Å². The van der Waals surface area contributed by atoms with Crippen LogP contribution in [0.5, 0.6) is 0 Å². The third-order valence-corrected chi connectivity index (χ3v) is 6.22. The van der Waals surface area contributed by atoms with Gasteiger partial charge in [0.2, 0.25) is 11.8 Å². The fraction of sp³-hybridized carbons (Fsp3) is 0.840. The van der Waals surface area contributed by atoms with Crippen molar-refractivity contribution in [2.45, 2.75) is 128 Å². The molecule has 0 aromatic rings. The first kappa shape index (κ1) is 29.6. The summed E-state index contributed by atoms with van der Waals surface area (Å²) in [5, 5.41) is 44.2. The molecule has 6 N–H and O–H groups in total. The minimum Gasteiger partial charge on any atom is -0.391 e. The standard InChI is InChI=1S/C25H46N2O6/c1-3-4-5-6-7-8-9-10-11-12-13-14-15-26-25(33)22(18(2)28)27-24(32)19-16-20(29)23(31)21(30)17-19/h16,18,20-23,28-31H,3-15,17H2,1-2H3,(H,26,33)(H,27,32)/t18-,20+,21+,22+,23+/m1/s1. The molecule has 0 bridgehead atoms. The van der Waals surface area contributed by atoms with Gasteiger partial charge in [-0.05, 0) is 19.4 Å². The van der Waals surface area contributed by atoms with Gasteiger partial charge in [-0.15, -0.1) is 0 Å². The van der Waals surface area contributed by atoms with Crippen LogP contribution in [0.4, 0.5) is 0 Å². The van der Waals surface area contributed by atoms with Crippen LogP contribution in [0.2, 0.25) is 0 Å². The van der Waals surface area contributed by atoms with Crippen LogP contribution in [-0.4, -0.2) is 69.2 Å². The van der Waals surface area contributed by atoms with Crippen molar-refractivity contribution in [3.8, 4) is 0 Å². The molecule has 0 fully saturated rings. The largest absolute Gasteiger partial charge is 0.391 e. The number of unbranched alkanes of at least 4 members (excludes halogenated alkanes) is 11. The molecule has 8 heteroatoms. The lowest BCUT2D eigenvalue weighted by Gasteiger charge is -2.28. The lowest BCUT2D eigenvalue weighted by molar-refractivity contribution is -0.130. The lowest BCUT2D eigenvalue weighted by Crippen LogP contribution is -2.53. The molecule has 1 aliphatic carbocycles. The quantitative estimate of drug-likeness (QED) is 0.180. The van der Waals surface area contributed by atoms with Crippen LogP contribution in [0.1, 0.15) is 97.3 Å². The summed E-state index contributed by atoms with van der Waals surface area (Å²) < 4.78 is 0. The molecule has 0 aromatic carbocycles. The van der Waals surface area contributed by atoms with Gasteiger partial charge in [0.25, 0.3) is 0 Å². The number of hydrogen-bond acceptors (Lipinski definition) is 6. The second-order valence-corrected chi connectivity index (χ2v) is 9.32. The van der Waals surface area contributed by atoms with E-state index in [1.165, 1.54) is 64.7 Å². The Morgan fingerprint density at radius 3 is 1.94 bits per heavy atom. The first-order chi connectivity index (χ1) is 15.8. The topological polar surface area (TPSA) is 139 Å². The number of aliphatic hydroxyl groups excluding tert-OH is 4. The molecule has 0 radical (unpaired) electrons. The number of amides is 2. The predicted octanol–water partition coefficient (Wildman–Crippen LogP) is 2.08. The van der Waals surface area contributed by atoms with Gasteiger partial charge < -0.3 is 31.1 Å². The summed E-state index contributed by atoms with van der Waals surface area (Å²) in [5.41, 5.74) is 0.0692. The van der Waals surface area contributed by atoms with Gasteiger partial charge in [0.1, 0.15) is 18.2 Å². The van der Waals surface area contributed by atoms with E-state index in [4.69, 9.17) is 0 Å². The first-order valence-electron chi connectivity index (χ1n) is 12.8. The number of hydrogen-bond donors (Lipinski definition) is 6. The molecular weight excluding hydrogens is 424 g/mol. The van der Waals surface area contributed by atoms with Crippen molar-refractivity contribution < 1.29 is 30.0 Å². The van der Waals surface area contributed by atoms with Gasteiger partial charge in [-0.2, -0.15) is 0 Å². The summed E-state index contributed by atoms with van der Waals surface area (Å²) in [6.45, 7) is 4.12. The van der Waals surface area contributed by atoms with Crippen LogP contribution in [0.3, 0.4) is 0 Å². The highest BCUT2D eigenvalue weighted by Gasteiger charge is 2.33.